The highest BCUT2D eigenvalue weighted by molar-refractivity contribution is 5.57. The minimum Gasteiger partial charge on any atom is -0.371 e. The molecule has 1 aliphatic heterocycles. The summed E-state index contributed by atoms with van der Waals surface area (Å²) in [5.74, 6) is 0. The molecule has 2 rings (SSSR count). The van der Waals surface area contributed by atoms with E-state index in [-0.39, 0.29) is 5.41 Å². The van der Waals surface area contributed by atoms with Gasteiger partial charge in [-0.3, -0.25) is 0 Å². The summed E-state index contributed by atoms with van der Waals surface area (Å²) >= 11 is 0. The van der Waals surface area contributed by atoms with Crippen LogP contribution in [-0.4, -0.2) is 19.6 Å². The lowest BCUT2D eigenvalue weighted by molar-refractivity contribution is 0.524. The molecule has 0 aliphatic carbocycles. The molecule has 0 saturated heterocycles. The van der Waals surface area contributed by atoms with Crippen LogP contribution in [0.15, 0.2) is 18.2 Å². The quantitative estimate of drug-likeness (QED) is 0.869. The van der Waals surface area contributed by atoms with Gasteiger partial charge in [-0.1, -0.05) is 32.9 Å². The number of rotatable bonds is 2. The zero-order valence-corrected chi connectivity index (χ0v) is 12.2. The van der Waals surface area contributed by atoms with E-state index in [9.17, 15) is 0 Å². The number of hydrogen-bond donors (Lipinski definition) is 1. The maximum Gasteiger partial charge on any atom is 0.0398 e. The molecule has 0 spiro atoms. The van der Waals surface area contributed by atoms with Crippen LogP contribution in [0, 0.1) is 0 Å². The standard InChI is InChI=1S/C16H26N2/c1-16(2,3)13-6-8-15-12(11-13)5-7-14(9-10-17)18(15)4/h6,8,11,14H,5,7,9-10,17H2,1-4H3. The molecule has 1 aromatic carbocycles. The molecule has 1 unspecified atom stereocenters. The predicted octanol–water partition coefficient (Wildman–Crippen LogP) is 3.08. The highest BCUT2D eigenvalue weighted by atomic mass is 15.1. The summed E-state index contributed by atoms with van der Waals surface area (Å²) in [6.45, 7) is 7.61. The van der Waals surface area contributed by atoms with Gasteiger partial charge in [0.2, 0.25) is 0 Å². The second kappa shape index (κ2) is 4.93. The van der Waals surface area contributed by atoms with Crippen LogP contribution in [0.25, 0.3) is 0 Å². The molecule has 0 fully saturated rings. The summed E-state index contributed by atoms with van der Waals surface area (Å²) in [6.07, 6.45) is 3.51. The second-order valence-electron chi connectivity index (χ2n) is 6.47. The molecule has 0 bridgehead atoms. The Bertz CT molecular complexity index is 418. The van der Waals surface area contributed by atoms with Crippen molar-refractivity contribution in [2.24, 2.45) is 5.73 Å². The number of nitrogens with two attached hydrogens (primary N) is 1. The third-order valence-electron chi connectivity index (χ3n) is 4.12. The molecule has 1 aliphatic rings. The van der Waals surface area contributed by atoms with E-state index in [4.69, 9.17) is 5.73 Å². The van der Waals surface area contributed by atoms with Crippen molar-refractivity contribution in [3.8, 4) is 0 Å². The van der Waals surface area contributed by atoms with Crippen LogP contribution in [0.5, 0.6) is 0 Å². The molecule has 0 aromatic heterocycles. The number of fused-ring (bicyclic) bond motifs is 1. The van der Waals surface area contributed by atoms with Gasteiger partial charge in [0.25, 0.3) is 0 Å². The van der Waals surface area contributed by atoms with Gasteiger partial charge in [-0.25, -0.2) is 0 Å². The third kappa shape index (κ3) is 2.54. The smallest absolute Gasteiger partial charge is 0.0398 e. The topological polar surface area (TPSA) is 29.3 Å². The van der Waals surface area contributed by atoms with Gasteiger partial charge in [0, 0.05) is 18.8 Å². The molecule has 0 amide bonds. The Labute approximate surface area is 111 Å². The Kier molecular flexibility index (Phi) is 3.67. The van der Waals surface area contributed by atoms with Gasteiger partial charge in [0.1, 0.15) is 0 Å². The fourth-order valence-electron chi connectivity index (χ4n) is 2.84. The molecular formula is C16H26N2. The van der Waals surface area contributed by atoms with Crippen molar-refractivity contribution in [1.82, 2.24) is 0 Å². The first kappa shape index (κ1) is 13.4. The molecule has 1 aromatic rings. The maximum atomic E-state index is 5.70. The molecule has 0 radical (unpaired) electrons. The first-order valence-electron chi connectivity index (χ1n) is 7.00. The Morgan fingerprint density at radius 1 is 1.33 bits per heavy atom. The Hall–Kier alpha value is -1.02. The summed E-state index contributed by atoms with van der Waals surface area (Å²) in [7, 11) is 2.20. The SMILES string of the molecule is CN1c2ccc(C(C)(C)C)cc2CCC1CCN. The van der Waals surface area contributed by atoms with E-state index in [1.54, 1.807) is 0 Å². The van der Waals surface area contributed by atoms with E-state index >= 15 is 0 Å². The largest absolute Gasteiger partial charge is 0.371 e. The van der Waals surface area contributed by atoms with Crippen molar-refractivity contribution in [1.29, 1.82) is 0 Å². The van der Waals surface area contributed by atoms with Gasteiger partial charge in [-0.15, -0.1) is 0 Å². The van der Waals surface area contributed by atoms with Gasteiger partial charge in [0.15, 0.2) is 0 Å². The van der Waals surface area contributed by atoms with Crippen molar-refractivity contribution in [3.05, 3.63) is 29.3 Å². The van der Waals surface area contributed by atoms with Gasteiger partial charge in [0.05, 0.1) is 0 Å². The third-order valence-corrected chi connectivity index (χ3v) is 4.12. The molecule has 2 nitrogen and oxygen atoms in total. The van der Waals surface area contributed by atoms with Crippen molar-refractivity contribution in [2.45, 2.75) is 51.5 Å². The van der Waals surface area contributed by atoms with Crippen molar-refractivity contribution in [3.63, 3.8) is 0 Å². The van der Waals surface area contributed by atoms with E-state index in [1.807, 2.05) is 0 Å². The van der Waals surface area contributed by atoms with Gasteiger partial charge < -0.3 is 10.6 Å². The lowest BCUT2D eigenvalue weighted by atomic mass is 9.84. The molecule has 18 heavy (non-hydrogen) atoms. The van der Waals surface area contributed by atoms with Crippen LogP contribution in [0.1, 0.15) is 44.7 Å². The fourth-order valence-corrected chi connectivity index (χ4v) is 2.84. The summed E-state index contributed by atoms with van der Waals surface area (Å²) in [5.41, 5.74) is 10.3. The molecule has 100 valence electrons. The average Bonchev–Trinajstić information content (AvgIpc) is 2.31. The fraction of sp³-hybridized carbons (Fsp3) is 0.625. The second-order valence-corrected chi connectivity index (χ2v) is 6.47. The number of aryl methyl sites for hydroxylation is 1. The number of benzene rings is 1. The average molecular weight is 246 g/mol. The molecule has 1 heterocycles. The Morgan fingerprint density at radius 2 is 2.06 bits per heavy atom. The molecule has 0 saturated carbocycles. The zero-order valence-electron chi connectivity index (χ0n) is 12.2. The van der Waals surface area contributed by atoms with Gasteiger partial charge in [-0.05, 0) is 48.4 Å². The number of nitrogens with zero attached hydrogens (tertiary/aromatic N) is 1. The molecular weight excluding hydrogens is 220 g/mol. The van der Waals surface area contributed by atoms with Crippen LogP contribution in [-0.2, 0) is 11.8 Å². The van der Waals surface area contributed by atoms with Crippen LogP contribution in [0.4, 0.5) is 5.69 Å². The number of anilines is 1. The lowest BCUT2D eigenvalue weighted by Gasteiger charge is -2.37. The maximum absolute atomic E-state index is 5.70. The van der Waals surface area contributed by atoms with Crippen LogP contribution in [0.3, 0.4) is 0 Å². The minimum atomic E-state index is 0.238. The lowest BCUT2D eigenvalue weighted by Crippen LogP contribution is -2.37. The Morgan fingerprint density at radius 3 is 2.67 bits per heavy atom. The van der Waals surface area contributed by atoms with Crippen LogP contribution in [0.2, 0.25) is 0 Å². The first-order valence-corrected chi connectivity index (χ1v) is 7.00. The van der Waals surface area contributed by atoms with Crippen molar-refractivity contribution >= 4 is 5.69 Å². The van der Waals surface area contributed by atoms with Crippen LogP contribution >= 0.6 is 0 Å². The highest BCUT2D eigenvalue weighted by Crippen LogP contribution is 2.34. The summed E-state index contributed by atoms with van der Waals surface area (Å²) in [5, 5.41) is 0. The Balaban J connectivity index is 2.29. The monoisotopic (exact) mass is 246 g/mol. The van der Waals surface area contributed by atoms with Gasteiger partial charge in [-0.2, -0.15) is 0 Å². The van der Waals surface area contributed by atoms with Gasteiger partial charge >= 0.3 is 0 Å². The van der Waals surface area contributed by atoms with E-state index in [1.165, 1.54) is 29.7 Å². The van der Waals surface area contributed by atoms with Crippen molar-refractivity contribution < 1.29 is 0 Å². The summed E-state index contributed by atoms with van der Waals surface area (Å²) < 4.78 is 0. The molecule has 1 atom stereocenters. The van der Waals surface area contributed by atoms with E-state index < -0.39 is 0 Å². The predicted molar refractivity (Wildman–Crippen MR) is 79.3 cm³/mol. The molecule has 2 heteroatoms. The highest BCUT2D eigenvalue weighted by Gasteiger charge is 2.24. The van der Waals surface area contributed by atoms with E-state index in [0.717, 1.165) is 13.0 Å². The first-order chi connectivity index (χ1) is 8.43. The number of hydrogen-bond acceptors (Lipinski definition) is 2. The van der Waals surface area contributed by atoms with E-state index in [0.29, 0.717) is 6.04 Å². The molecule has 2 N–H and O–H groups in total. The van der Waals surface area contributed by atoms with E-state index in [2.05, 4.69) is 50.9 Å². The van der Waals surface area contributed by atoms with Crippen molar-refractivity contribution in [2.75, 3.05) is 18.5 Å². The zero-order chi connectivity index (χ0) is 13.3. The normalized spacial score (nSPS) is 19.8. The summed E-state index contributed by atoms with van der Waals surface area (Å²) in [4.78, 5) is 2.41. The van der Waals surface area contributed by atoms with Crippen LogP contribution < -0.4 is 10.6 Å². The summed E-state index contributed by atoms with van der Waals surface area (Å²) in [6, 6.07) is 7.58. The minimum absolute atomic E-state index is 0.238.